The molecule has 9 heteroatoms. The lowest BCUT2D eigenvalue weighted by atomic mass is 10.3. The molecule has 0 atom stereocenters. The molecule has 0 radical (unpaired) electrons. The Labute approximate surface area is 166 Å². The summed E-state index contributed by atoms with van der Waals surface area (Å²) in [7, 11) is 0. The second kappa shape index (κ2) is 8.94. The number of amides is 1. The monoisotopic (exact) mass is 405 g/mol. The number of hydrogen-bond acceptors (Lipinski definition) is 6. The molecule has 1 N–H and O–H groups in total. The van der Waals surface area contributed by atoms with Crippen LogP contribution in [0.1, 0.15) is 12.8 Å². The second-order valence-corrected chi connectivity index (χ2v) is 6.52. The Morgan fingerprint density at radius 1 is 1.22 bits per heavy atom. The summed E-state index contributed by atoms with van der Waals surface area (Å²) in [5, 5.41) is 7.47. The van der Waals surface area contributed by atoms with Gasteiger partial charge in [-0.25, -0.2) is 0 Å². The Bertz CT molecular complexity index is 897. The van der Waals surface area contributed by atoms with E-state index >= 15 is 0 Å². The number of carbonyl (C=O) groups is 1. The number of hydrogen-bond donors (Lipinski definition) is 1. The summed E-state index contributed by atoms with van der Waals surface area (Å²) in [5.41, 5.74) is 1.17. The predicted octanol–water partition coefficient (Wildman–Crippen LogP) is 3.90. The minimum Gasteiger partial charge on any atom is -0.338 e. The largest absolute Gasteiger partial charge is 0.338 e. The van der Waals surface area contributed by atoms with Crippen molar-refractivity contribution in [1.82, 2.24) is 20.0 Å². The third kappa shape index (κ3) is 5.03. The number of halogens is 2. The normalized spacial score (nSPS) is 11.0. The zero-order valence-electron chi connectivity index (χ0n) is 14.5. The number of carbonyl (C=O) groups excluding carboxylic acids is 1. The van der Waals surface area contributed by atoms with Crippen molar-refractivity contribution in [3.8, 4) is 11.4 Å². The molecule has 27 heavy (non-hydrogen) atoms. The number of nitrogens with one attached hydrogen (secondary N) is 1. The average molecular weight is 406 g/mol. The van der Waals surface area contributed by atoms with E-state index in [2.05, 4.69) is 20.4 Å². The number of rotatable bonds is 7. The summed E-state index contributed by atoms with van der Waals surface area (Å²) in [5.74, 6) is 0.639. The third-order valence-corrected chi connectivity index (χ3v) is 4.42. The van der Waals surface area contributed by atoms with Gasteiger partial charge < -0.3 is 9.84 Å². The molecule has 0 spiro atoms. The summed E-state index contributed by atoms with van der Waals surface area (Å²) < 4.78 is 5.28. The van der Waals surface area contributed by atoms with E-state index in [4.69, 9.17) is 27.7 Å². The summed E-state index contributed by atoms with van der Waals surface area (Å²) in [4.78, 5) is 22.6. The highest BCUT2D eigenvalue weighted by atomic mass is 35.5. The molecule has 0 unspecified atom stereocenters. The molecular formula is C18H17Cl2N5O2. The Morgan fingerprint density at radius 2 is 2.00 bits per heavy atom. The Balaban J connectivity index is 1.62. The number of nitrogens with zero attached hydrogens (tertiary/aromatic N) is 4. The lowest BCUT2D eigenvalue weighted by Crippen LogP contribution is -2.33. The molecule has 3 rings (SSSR count). The highest BCUT2D eigenvalue weighted by Gasteiger charge is 2.16. The molecule has 0 aliphatic rings. The number of aromatic nitrogens is 3. The number of pyridine rings is 1. The van der Waals surface area contributed by atoms with Crippen molar-refractivity contribution in [1.29, 1.82) is 0 Å². The topological polar surface area (TPSA) is 84.2 Å². The van der Waals surface area contributed by atoms with Gasteiger partial charge in [0.05, 0.1) is 28.8 Å². The maximum absolute atomic E-state index is 12.4. The lowest BCUT2D eigenvalue weighted by molar-refractivity contribution is -0.117. The van der Waals surface area contributed by atoms with Crippen molar-refractivity contribution in [3.63, 3.8) is 0 Å². The molecule has 0 aliphatic carbocycles. The molecule has 1 aromatic carbocycles. The number of para-hydroxylation sites is 1. The first-order chi connectivity index (χ1) is 13.1. The Hall–Kier alpha value is -2.48. The van der Waals surface area contributed by atoms with Gasteiger partial charge in [-0.15, -0.1) is 0 Å². The Kier molecular flexibility index (Phi) is 6.39. The van der Waals surface area contributed by atoms with Crippen molar-refractivity contribution in [3.05, 3.63) is 58.7 Å². The van der Waals surface area contributed by atoms with Crippen LogP contribution in [0, 0.1) is 0 Å². The zero-order valence-corrected chi connectivity index (χ0v) is 16.0. The average Bonchev–Trinajstić information content (AvgIpc) is 3.13. The van der Waals surface area contributed by atoms with Crippen molar-refractivity contribution in [2.75, 3.05) is 18.4 Å². The third-order valence-electron chi connectivity index (χ3n) is 3.79. The van der Waals surface area contributed by atoms with Crippen LogP contribution in [0.3, 0.4) is 0 Å². The van der Waals surface area contributed by atoms with Crippen LogP contribution in [-0.4, -0.2) is 39.0 Å². The van der Waals surface area contributed by atoms with Crippen molar-refractivity contribution < 1.29 is 9.32 Å². The van der Waals surface area contributed by atoms with E-state index < -0.39 is 0 Å². The van der Waals surface area contributed by atoms with E-state index in [-0.39, 0.29) is 12.5 Å². The Morgan fingerprint density at radius 3 is 2.67 bits per heavy atom. The first-order valence-corrected chi connectivity index (χ1v) is 9.01. The minimum atomic E-state index is -0.237. The molecule has 2 heterocycles. The van der Waals surface area contributed by atoms with Crippen LogP contribution in [-0.2, 0) is 11.3 Å². The van der Waals surface area contributed by atoms with Crippen molar-refractivity contribution >= 4 is 34.8 Å². The van der Waals surface area contributed by atoms with Crippen molar-refractivity contribution in [2.45, 2.75) is 13.5 Å². The summed E-state index contributed by atoms with van der Waals surface area (Å²) in [6, 6.07) is 8.69. The summed E-state index contributed by atoms with van der Waals surface area (Å²) >= 11 is 12.2. The highest BCUT2D eigenvalue weighted by Crippen LogP contribution is 2.29. The van der Waals surface area contributed by atoms with Gasteiger partial charge in [0.1, 0.15) is 0 Å². The van der Waals surface area contributed by atoms with Gasteiger partial charge in [-0.2, -0.15) is 4.98 Å². The molecule has 2 aromatic heterocycles. The van der Waals surface area contributed by atoms with Crippen LogP contribution >= 0.6 is 23.2 Å². The predicted molar refractivity (Wildman–Crippen MR) is 104 cm³/mol. The van der Waals surface area contributed by atoms with Crippen LogP contribution in [0.25, 0.3) is 11.4 Å². The first-order valence-electron chi connectivity index (χ1n) is 8.26. The van der Waals surface area contributed by atoms with E-state index in [0.29, 0.717) is 40.5 Å². The molecule has 140 valence electrons. The molecule has 3 aromatic rings. The van der Waals surface area contributed by atoms with Crippen molar-refractivity contribution in [2.24, 2.45) is 0 Å². The van der Waals surface area contributed by atoms with Gasteiger partial charge in [0.2, 0.25) is 17.6 Å². The van der Waals surface area contributed by atoms with Crippen LogP contribution in [0.4, 0.5) is 5.69 Å². The van der Waals surface area contributed by atoms with Crippen LogP contribution in [0.5, 0.6) is 0 Å². The van der Waals surface area contributed by atoms with Gasteiger partial charge in [-0.1, -0.05) is 41.3 Å². The van der Waals surface area contributed by atoms with Gasteiger partial charge in [-0.3, -0.25) is 14.7 Å². The molecule has 0 fully saturated rings. The summed E-state index contributed by atoms with van der Waals surface area (Å²) in [6.45, 7) is 3.03. The van der Waals surface area contributed by atoms with Gasteiger partial charge >= 0.3 is 0 Å². The van der Waals surface area contributed by atoms with Gasteiger partial charge in [-0.05, 0) is 30.8 Å². The molecule has 0 bridgehead atoms. The van der Waals surface area contributed by atoms with Gasteiger partial charge in [0, 0.05) is 18.0 Å². The fourth-order valence-electron chi connectivity index (χ4n) is 2.40. The molecular weight excluding hydrogens is 389 g/mol. The van der Waals surface area contributed by atoms with E-state index in [0.717, 1.165) is 5.56 Å². The van der Waals surface area contributed by atoms with E-state index in [9.17, 15) is 4.79 Å². The number of likely N-dealkylation sites (N-methyl/N-ethyl adjacent to an activating group) is 1. The maximum Gasteiger partial charge on any atom is 0.241 e. The molecule has 0 saturated heterocycles. The number of benzene rings is 1. The lowest BCUT2D eigenvalue weighted by Gasteiger charge is -2.18. The first kappa shape index (κ1) is 19.3. The quantitative estimate of drug-likeness (QED) is 0.641. The summed E-state index contributed by atoms with van der Waals surface area (Å²) in [6.07, 6.45) is 3.33. The SMILES string of the molecule is CCN(CC(=O)Nc1c(Cl)cccc1Cl)Cc1nc(-c2cccnc2)no1. The van der Waals surface area contributed by atoms with Gasteiger partial charge in [0.15, 0.2) is 0 Å². The fourth-order valence-corrected chi connectivity index (χ4v) is 2.89. The maximum atomic E-state index is 12.4. The van der Waals surface area contributed by atoms with E-state index in [1.54, 1.807) is 36.7 Å². The standard InChI is InChI=1S/C18H17Cl2N5O2/c1-2-25(10-15(26)22-17-13(19)6-3-7-14(17)20)11-16-23-18(24-27-16)12-5-4-8-21-9-12/h3-9H,2,10-11H2,1H3,(H,22,26). The highest BCUT2D eigenvalue weighted by molar-refractivity contribution is 6.39. The second-order valence-electron chi connectivity index (χ2n) is 5.70. The van der Waals surface area contributed by atoms with Crippen LogP contribution in [0.15, 0.2) is 47.2 Å². The minimum absolute atomic E-state index is 0.128. The molecule has 0 aliphatic heterocycles. The van der Waals surface area contributed by atoms with E-state index in [1.807, 2.05) is 17.9 Å². The smallest absolute Gasteiger partial charge is 0.241 e. The van der Waals surface area contributed by atoms with Crippen LogP contribution < -0.4 is 5.32 Å². The molecule has 7 nitrogen and oxygen atoms in total. The fraction of sp³-hybridized carbons (Fsp3) is 0.222. The molecule has 1 amide bonds. The van der Waals surface area contributed by atoms with Gasteiger partial charge in [0.25, 0.3) is 0 Å². The van der Waals surface area contributed by atoms with E-state index in [1.165, 1.54) is 0 Å². The van der Waals surface area contributed by atoms with Crippen LogP contribution in [0.2, 0.25) is 10.0 Å². The molecule has 0 saturated carbocycles. The zero-order chi connectivity index (χ0) is 19.2. The number of anilines is 1.